The molecule has 500 valence electrons. The first-order valence-corrected chi connectivity index (χ1v) is 32.0. The number of carbonyl (C=O) groups excluding carboxylic acids is 9. The number of anilines is 1. The van der Waals surface area contributed by atoms with E-state index in [9.17, 15) is 48.3 Å². The van der Waals surface area contributed by atoms with Crippen LogP contribution in [0.3, 0.4) is 0 Å². The van der Waals surface area contributed by atoms with Crippen LogP contribution in [-0.2, 0) is 52.7 Å². The number of nitrogens with two attached hydrogens (primary N) is 2. The van der Waals surface area contributed by atoms with Crippen molar-refractivity contribution in [3.8, 4) is 5.75 Å². The smallest absolute Gasteiger partial charge is 0.312 e. The van der Waals surface area contributed by atoms with Crippen molar-refractivity contribution in [2.45, 2.75) is 195 Å². The van der Waals surface area contributed by atoms with Crippen molar-refractivity contribution in [2.24, 2.45) is 59.0 Å². The van der Waals surface area contributed by atoms with Crippen molar-refractivity contribution < 1.29 is 67.3 Å². The van der Waals surface area contributed by atoms with Crippen LogP contribution in [-0.4, -0.2) is 164 Å². The number of hydrogen-bond acceptors (Lipinski definition) is 15. The van der Waals surface area contributed by atoms with Crippen molar-refractivity contribution in [3.63, 3.8) is 0 Å². The summed E-state index contributed by atoms with van der Waals surface area (Å²) in [4.78, 5) is 133. The van der Waals surface area contributed by atoms with Gasteiger partial charge in [-0.3, -0.25) is 38.4 Å². The number of nitrogens with one attached hydrogen (secondary N) is 3. The molecule has 12 atom stereocenters. The molecule has 0 aliphatic carbocycles. The van der Waals surface area contributed by atoms with Gasteiger partial charge in [-0.1, -0.05) is 112 Å². The largest absolute Gasteiger partial charge is 0.484 e. The van der Waals surface area contributed by atoms with Crippen molar-refractivity contribution in [2.75, 3.05) is 59.9 Å². The molecule has 1 saturated heterocycles. The van der Waals surface area contributed by atoms with Gasteiger partial charge in [0.25, 0.3) is 5.91 Å². The van der Waals surface area contributed by atoms with E-state index in [1.807, 2.05) is 99.6 Å². The monoisotopic (exact) mass is 1250 g/mol. The minimum atomic E-state index is -0.907. The first-order chi connectivity index (χ1) is 42.1. The van der Waals surface area contributed by atoms with Crippen LogP contribution in [0, 0.1) is 47.3 Å². The lowest BCUT2D eigenvalue weighted by Crippen LogP contribution is -2.54. The van der Waals surface area contributed by atoms with Crippen LogP contribution in [0.15, 0.2) is 54.6 Å². The van der Waals surface area contributed by atoms with Gasteiger partial charge in [0.15, 0.2) is 18.2 Å². The second kappa shape index (κ2) is 39.0. The molecule has 1 heterocycles. The van der Waals surface area contributed by atoms with Gasteiger partial charge in [-0.2, -0.15) is 0 Å². The number of rotatable bonds is 42. The summed E-state index contributed by atoms with van der Waals surface area (Å²) in [7, 11) is 6.31. The fourth-order valence-electron chi connectivity index (χ4n) is 12.2. The lowest BCUT2D eigenvalue weighted by atomic mass is 9.83. The number of benzene rings is 2. The van der Waals surface area contributed by atoms with Gasteiger partial charge in [-0.15, -0.1) is 0 Å². The third-order valence-electron chi connectivity index (χ3n) is 17.7. The van der Waals surface area contributed by atoms with E-state index in [2.05, 4.69) is 20.8 Å². The summed E-state index contributed by atoms with van der Waals surface area (Å²) >= 11 is 0. The number of unbranched alkanes of at least 4 members (excludes halogenated alkanes) is 2. The Hall–Kier alpha value is -6.33. The molecule has 2 aromatic carbocycles. The number of primary amides is 1. The Kier molecular flexibility index (Phi) is 33.7. The van der Waals surface area contributed by atoms with Crippen LogP contribution in [0.2, 0.25) is 0 Å². The number of likely N-dealkylation sites (N-methyl/N-ethyl adjacent to an activating group) is 2. The van der Waals surface area contributed by atoms with Gasteiger partial charge < -0.3 is 60.5 Å². The molecule has 7 amide bonds. The highest BCUT2D eigenvalue weighted by Crippen LogP contribution is 2.33. The fourth-order valence-corrected chi connectivity index (χ4v) is 12.2. The molecule has 8 N–H and O–H groups in total. The topological polar surface area (TPSA) is 309 Å². The maximum absolute atomic E-state index is 14.9. The number of likely N-dealkylation sites (tertiary alicyclic amines) is 1. The Morgan fingerprint density at radius 3 is 1.98 bits per heavy atom. The van der Waals surface area contributed by atoms with Crippen LogP contribution in [0.25, 0.3) is 0 Å². The molecule has 0 bridgehead atoms. The summed E-state index contributed by atoms with van der Waals surface area (Å²) in [5, 5.41) is 19.2. The van der Waals surface area contributed by atoms with E-state index in [0.717, 1.165) is 12.0 Å². The molecule has 0 radical (unpaired) electrons. The third-order valence-corrected chi connectivity index (χ3v) is 17.7. The molecule has 1 fully saturated rings. The first kappa shape index (κ1) is 76.9. The predicted octanol–water partition coefficient (Wildman–Crippen LogP) is 7.58. The standard InChI is InChI=1S/C67H108N8O14/c1-15-44(8)62(56(86-13)39-58(80)75-34-23-27-52(75)64(87-14)46(10)53(76)36-45(9)63(82)47-24-18-16-19-25-47)74(12)66(84)51(41(2)3)38-55(78)61(43(6)7)73(11)59(81)40-88-50-31-29-49(30-32-50)71-65(83)48(26-22-33-70-67(68)85)37-54(77)60(42(4)5)72-57(79)28-20-17-21-35-89-69/h16,18-19,24-25,29-32,41-46,48,51-52,56,60-64,82H,15,17,20-23,26-28,33-40,69H2,1-14H3,(H,71,83)(H,72,79)(H3,68,70,85)/t44-,45-,46-,48+,51-,52-,56+,60-,61-,62-,63+,64+/m0/s1. The zero-order chi connectivity index (χ0) is 66.7. The minimum Gasteiger partial charge on any atom is -0.484 e. The average molecular weight is 1250 g/mol. The number of ketones is 3. The van der Waals surface area contributed by atoms with E-state index in [0.29, 0.717) is 63.1 Å². The van der Waals surface area contributed by atoms with E-state index in [1.165, 1.54) is 19.1 Å². The molecule has 0 unspecified atom stereocenters. The Labute approximate surface area is 529 Å². The molecule has 0 saturated carbocycles. The quantitative estimate of drug-likeness (QED) is 0.0276. The second-order valence-electron chi connectivity index (χ2n) is 25.4. The van der Waals surface area contributed by atoms with Crippen LogP contribution in [0.5, 0.6) is 5.75 Å². The van der Waals surface area contributed by atoms with Crippen LogP contribution in [0.4, 0.5) is 10.5 Å². The van der Waals surface area contributed by atoms with E-state index in [-0.39, 0.29) is 116 Å². The molecule has 22 heteroatoms. The molecule has 89 heavy (non-hydrogen) atoms. The van der Waals surface area contributed by atoms with Gasteiger partial charge in [-0.05, 0) is 97.9 Å². The summed E-state index contributed by atoms with van der Waals surface area (Å²) in [5.74, 6) is -0.488. The van der Waals surface area contributed by atoms with Gasteiger partial charge in [0.1, 0.15) is 11.5 Å². The highest BCUT2D eigenvalue weighted by molar-refractivity contribution is 5.98. The SMILES string of the molecule is CC[C@H](C)[C@@H]([C@@H](CC(=O)N1CCC[C@H]1[C@H](OC)[C@@H](C)C(=O)C[C@H](C)[C@@H](O)c1ccccc1)OC)N(C)C(=O)[C@@H](CC(=O)[C@H](C(C)C)N(C)C(=O)COc1ccc(NC(=O)[C@H](CCCNC(N)=O)CC(=O)[C@@H](NC(=O)CCCCCON)C(C)C)cc1)C(C)C. The first-order valence-electron chi connectivity index (χ1n) is 32.0. The summed E-state index contributed by atoms with van der Waals surface area (Å²) in [6, 6.07) is 12.2. The number of amides is 7. The molecular weight excluding hydrogens is 1140 g/mol. The number of hydrogen-bond donors (Lipinski definition) is 6. The molecule has 1 aliphatic heterocycles. The van der Waals surface area contributed by atoms with E-state index in [4.69, 9.17) is 25.8 Å². The van der Waals surface area contributed by atoms with Crippen LogP contribution >= 0.6 is 0 Å². The number of nitrogens with zero attached hydrogens (tertiary/aromatic N) is 3. The van der Waals surface area contributed by atoms with E-state index < -0.39 is 78.6 Å². The van der Waals surface area contributed by atoms with Gasteiger partial charge in [0.05, 0.1) is 55.5 Å². The number of Topliss-reactive ketones (excluding diaryl/α,β-unsaturated/α-hetero) is 3. The second-order valence-corrected chi connectivity index (χ2v) is 25.4. The van der Waals surface area contributed by atoms with Gasteiger partial charge in [-0.25, -0.2) is 10.7 Å². The van der Waals surface area contributed by atoms with Gasteiger partial charge in [0.2, 0.25) is 23.6 Å². The maximum atomic E-state index is 14.9. The number of ether oxygens (including phenoxy) is 3. The normalized spacial score (nSPS) is 17.1. The zero-order valence-corrected chi connectivity index (χ0v) is 55.6. The predicted molar refractivity (Wildman–Crippen MR) is 342 cm³/mol. The summed E-state index contributed by atoms with van der Waals surface area (Å²) < 4.78 is 18.0. The summed E-state index contributed by atoms with van der Waals surface area (Å²) in [5.41, 5.74) is 6.37. The number of methoxy groups -OCH3 is 2. The number of carbonyl (C=O) groups is 9. The van der Waals surface area contributed by atoms with Gasteiger partial charge >= 0.3 is 6.03 Å². The number of aliphatic hydroxyl groups is 1. The van der Waals surface area contributed by atoms with Crippen LogP contribution in [0.1, 0.15) is 164 Å². The fraction of sp³-hybridized carbons (Fsp3) is 0.687. The molecule has 2 aromatic rings. The summed E-state index contributed by atoms with van der Waals surface area (Å²) in [6.45, 7) is 19.3. The van der Waals surface area contributed by atoms with E-state index in [1.54, 1.807) is 48.2 Å². The van der Waals surface area contributed by atoms with Crippen molar-refractivity contribution >= 4 is 58.6 Å². The molecular formula is C67H108N8O14. The number of aliphatic hydroxyl groups excluding tert-OH is 1. The van der Waals surface area contributed by atoms with Gasteiger partial charge in [0, 0.05) is 90.5 Å². The molecule has 1 aliphatic rings. The van der Waals surface area contributed by atoms with Crippen molar-refractivity contribution in [1.82, 2.24) is 25.3 Å². The highest BCUT2D eigenvalue weighted by atomic mass is 16.6. The number of urea groups is 1. The lowest BCUT2D eigenvalue weighted by Gasteiger charge is -2.41. The molecule has 0 spiro atoms. The Morgan fingerprint density at radius 2 is 1.40 bits per heavy atom. The molecule has 3 rings (SSSR count). The Bertz CT molecular complexity index is 2550. The zero-order valence-electron chi connectivity index (χ0n) is 55.6. The minimum absolute atomic E-state index is 0.0447. The third kappa shape index (κ3) is 24.1. The van der Waals surface area contributed by atoms with E-state index >= 15 is 0 Å². The average Bonchev–Trinajstić information content (AvgIpc) is 4.10. The summed E-state index contributed by atoms with van der Waals surface area (Å²) in [6.07, 6.45) is 2.45. The van der Waals surface area contributed by atoms with Crippen LogP contribution < -0.4 is 32.3 Å². The highest BCUT2D eigenvalue weighted by Gasteiger charge is 2.44. The molecule has 22 nitrogen and oxygen atoms in total. The Morgan fingerprint density at radius 1 is 0.742 bits per heavy atom. The Balaban J connectivity index is 1.70. The lowest BCUT2D eigenvalue weighted by molar-refractivity contribution is -0.150. The molecule has 0 aromatic heterocycles. The maximum Gasteiger partial charge on any atom is 0.312 e. The van der Waals surface area contributed by atoms with Crippen molar-refractivity contribution in [1.29, 1.82) is 0 Å². The van der Waals surface area contributed by atoms with Crippen molar-refractivity contribution in [3.05, 3.63) is 60.2 Å².